The van der Waals surface area contributed by atoms with Crippen molar-refractivity contribution in [2.45, 2.75) is 19.9 Å². The molecule has 7 nitrogen and oxygen atoms in total. The molecule has 0 atom stereocenters. The van der Waals surface area contributed by atoms with Crippen molar-refractivity contribution in [2.24, 2.45) is 0 Å². The molecule has 3 heterocycles. The Morgan fingerprint density at radius 3 is 2.43 bits per heavy atom. The normalized spacial score (nSPS) is 18.8. The van der Waals surface area contributed by atoms with E-state index in [9.17, 15) is 4.79 Å². The Morgan fingerprint density at radius 2 is 1.78 bits per heavy atom. The van der Waals surface area contributed by atoms with E-state index < -0.39 is 0 Å². The molecule has 1 fully saturated rings. The van der Waals surface area contributed by atoms with Crippen molar-refractivity contribution in [1.82, 2.24) is 24.7 Å². The molecule has 2 aliphatic heterocycles. The highest BCUT2D eigenvalue weighted by Crippen LogP contribution is 2.27. The monoisotopic (exact) mass is 318 g/mol. The molecular weight excluding hydrogens is 292 g/mol. The van der Waals surface area contributed by atoms with Gasteiger partial charge >= 0.3 is 6.03 Å². The van der Waals surface area contributed by atoms with E-state index in [1.54, 1.807) is 19.0 Å². The molecule has 0 bridgehead atoms. The maximum Gasteiger partial charge on any atom is 0.319 e. The molecule has 23 heavy (non-hydrogen) atoms. The number of carbonyl (C=O) groups is 1. The van der Waals surface area contributed by atoms with Gasteiger partial charge in [-0.2, -0.15) is 0 Å². The summed E-state index contributed by atoms with van der Waals surface area (Å²) in [5, 5.41) is 0. The first-order chi connectivity index (χ1) is 11.0. The number of likely N-dealkylation sites (N-methyl/N-ethyl adjacent to an activating group) is 1. The van der Waals surface area contributed by atoms with Crippen LogP contribution in [-0.4, -0.2) is 84.6 Å². The van der Waals surface area contributed by atoms with E-state index in [-0.39, 0.29) is 6.03 Å². The molecule has 1 aromatic heterocycles. The van der Waals surface area contributed by atoms with Crippen molar-refractivity contribution in [3.63, 3.8) is 0 Å². The first kappa shape index (κ1) is 16.0. The van der Waals surface area contributed by atoms with Crippen molar-refractivity contribution in [1.29, 1.82) is 0 Å². The van der Waals surface area contributed by atoms with Gasteiger partial charge in [-0.3, -0.25) is 0 Å². The molecule has 0 N–H and O–H groups in total. The Bertz CT molecular complexity index is 594. The molecule has 2 aliphatic rings. The largest absolute Gasteiger partial charge is 0.354 e. The summed E-state index contributed by atoms with van der Waals surface area (Å²) in [6.07, 6.45) is 0.805. The summed E-state index contributed by atoms with van der Waals surface area (Å²) < 4.78 is 0. The molecule has 3 rings (SSSR count). The van der Waals surface area contributed by atoms with Gasteiger partial charge in [0.1, 0.15) is 11.6 Å². The van der Waals surface area contributed by atoms with Gasteiger partial charge < -0.3 is 19.6 Å². The maximum atomic E-state index is 12.3. The lowest BCUT2D eigenvalue weighted by atomic mass is 10.1. The van der Waals surface area contributed by atoms with Crippen molar-refractivity contribution in [2.75, 3.05) is 58.8 Å². The standard InChI is InChI=1S/C16H26N6O/c1-12-17-14-5-6-22(16(23)19(2)3)11-13(14)15(18-12)21-9-7-20(4)8-10-21/h5-11H2,1-4H3. The van der Waals surface area contributed by atoms with Crippen LogP contribution in [0.2, 0.25) is 0 Å². The molecule has 2 amide bonds. The number of hydrogen-bond donors (Lipinski definition) is 0. The van der Waals surface area contributed by atoms with Gasteiger partial charge in [0.15, 0.2) is 0 Å². The van der Waals surface area contributed by atoms with Gasteiger partial charge in [-0.15, -0.1) is 0 Å². The van der Waals surface area contributed by atoms with Crippen LogP contribution in [0.5, 0.6) is 0 Å². The molecule has 1 aromatic rings. The lowest BCUT2D eigenvalue weighted by molar-refractivity contribution is 0.165. The van der Waals surface area contributed by atoms with Crippen LogP contribution >= 0.6 is 0 Å². The molecule has 0 aromatic carbocycles. The van der Waals surface area contributed by atoms with Crippen molar-refractivity contribution >= 4 is 11.8 Å². The zero-order chi connectivity index (χ0) is 16.6. The van der Waals surface area contributed by atoms with Crippen LogP contribution in [0.15, 0.2) is 0 Å². The topological polar surface area (TPSA) is 55.8 Å². The van der Waals surface area contributed by atoms with E-state index >= 15 is 0 Å². The number of urea groups is 1. The Labute approximate surface area is 137 Å². The fourth-order valence-electron chi connectivity index (χ4n) is 3.24. The average molecular weight is 318 g/mol. The number of aromatic nitrogens is 2. The van der Waals surface area contributed by atoms with Gasteiger partial charge in [0.05, 0.1) is 12.2 Å². The third-order valence-corrected chi connectivity index (χ3v) is 4.61. The van der Waals surface area contributed by atoms with E-state index in [2.05, 4.69) is 21.8 Å². The second kappa shape index (κ2) is 6.31. The number of carbonyl (C=O) groups excluding carboxylic acids is 1. The number of aryl methyl sites for hydroxylation is 1. The second-order valence-corrected chi connectivity index (χ2v) is 6.66. The summed E-state index contributed by atoms with van der Waals surface area (Å²) in [5.41, 5.74) is 2.23. The number of rotatable bonds is 1. The highest BCUT2D eigenvalue weighted by atomic mass is 16.2. The van der Waals surface area contributed by atoms with Gasteiger partial charge in [-0.25, -0.2) is 14.8 Å². The van der Waals surface area contributed by atoms with Gasteiger partial charge in [0.25, 0.3) is 0 Å². The van der Waals surface area contributed by atoms with Gasteiger partial charge in [0.2, 0.25) is 0 Å². The molecule has 0 aliphatic carbocycles. The van der Waals surface area contributed by atoms with Gasteiger partial charge in [-0.05, 0) is 14.0 Å². The average Bonchev–Trinajstić information content (AvgIpc) is 2.53. The summed E-state index contributed by atoms with van der Waals surface area (Å²) in [7, 11) is 5.74. The van der Waals surface area contributed by atoms with Gasteiger partial charge in [-0.1, -0.05) is 0 Å². The van der Waals surface area contributed by atoms with Gasteiger partial charge in [0, 0.05) is 58.8 Å². The molecular formula is C16H26N6O. The Hall–Kier alpha value is -1.89. The molecule has 7 heteroatoms. The quantitative estimate of drug-likeness (QED) is 0.758. The smallest absolute Gasteiger partial charge is 0.319 e. The van der Waals surface area contributed by atoms with Crippen LogP contribution in [0.1, 0.15) is 17.1 Å². The Morgan fingerprint density at radius 1 is 1.09 bits per heavy atom. The van der Waals surface area contributed by atoms with E-state index in [0.717, 1.165) is 62.0 Å². The number of nitrogens with zero attached hydrogens (tertiary/aromatic N) is 6. The number of piperazine rings is 1. The minimum absolute atomic E-state index is 0.0561. The minimum Gasteiger partial charge on any atom is -0.354 e. The first-order valence-corrected chi connectivity index (χ1v) is 8.22. The summed E-state index contributed by atoms with van der Waals surface area (Å²) in [6.45, 7) is 7.31. The van der Waals surface area contributed by atoms with Crippen LogP contribution in [0.25, 0.3) is 0 Å². The lowest BCUT2D eigenvalue weighted by Crippen LogP contribution is -2.47. The second-order valence-electron chi connectivity index (χ2n) is 6.66. The number of anilines is 1. The third kappa shape index (κ3) is 3.24. The predicted octanol–water partition coefficient (Wildman–Crippen LogP) is 0.577. The van der Waals surface area contributed by atoms with Crippen molar-refractivity contribution in [3.8, 4) is 0 Å². The fourth-order valence-corrected chi connectivity index (χ4v) is 3.24. The molecule has 0 spiro atoms. The van der Waals surface area contributed by atoms with Crippen LogP contribution in [-0.2, 0) is 13.0 Å². The highest BCUT2D eigenvalue weighted by Gasteiger charge is 2.28. The minimum atomic E-state index is 0.0561. The zero-order valence-corrected chi connectivity index (χ0v) is 14.5. The molecule has 0 radical (unpaired) electrons. The Balaban J connectivity index is 1.90. The summed E-state index contributed by atoms with van der Waals surface area (Å²) in [6, 6.07) is 0.0561. The van der Waals surface area contributed by atoms with Crippen molar-refractivity contribution in [3.05, 3.63) is 17.1 Å². The Kier molecular flexibility index (Phi) is 4.39. The molecule has 126 valence electrons. The van der Waals surface area contributed by atoms with Crippen LogP contribution in [0.3, 0.4) is 0 Å². The first-order valence-electron chi connectivity index (χ1n) is 8.22. The van der Waals surface area contributed by atoms with Crippen LogP contribution in [0.4, 0.5) is 10.6 Å². The number of hydrogen-bond acceptors (Lipinski definition) is 5. The molecule has 0 unspecified atom stereocenters. The van der Waals surface area contributed by atoms with Crippen LogP contribution in [0, 0.1) is 6.92 Å². The van der Waals surface area contributed by atoms with Crippen molar-refractivity contribution < 1.29 is 4.79 Å². The summed E-state index contributed by atoms with van der Waals surface area (Å²) in [5.74, 6) is 1.85. The van der Waals surface area contributed by atoms with E-state index in [1.165, 1.54) is 0 Å². The third-order valence-electron chi connectivity index (χ3n) is 4.61. The zero-order valence-electron chi connectivity index (χ0n) is 14.5. The van der Waals surface area contributed by atoms with E-state index in [4.69, 9.17) is 4.98 Å². The highest BCUT2D eigenvalue weighted by molar-refractivity contribution is 5.74. The number of amides is 2. The number of fused-ring (bicyclic) bond motifs is 1. The molecule has 1 saturated heterocycles. The molecule has 0 saturated carbocycles. The lowest BCUT2D eigenvalue weighted by Gasteiger charge is -2.37. The SMILES string of the molecule is Cc1nc2c(c(N3CCN(C)CC3)n1)CN(C(=O)N(C)C)CC2. The summed E-state index contributed by atoms with van der Waals surface area (Å²) >= 11 is 0. The fraction of sp³-hybridized carbons (Fsp3) is 0.688. The van der Waals surface area contributed by atoms with E-state index in [0.29, 0.717) is 6.54 Å². The maximum absolute atomic E-state index is 12.3. The van der Waals surface area contributed by atoms with Crippen LogP contribution < -0.4 is 4.90 Å². The predicted molar refractivity (Wildman–Crippen MR) is 89.7 cm³/mol. The summed E-state index contributed by atoms with van der Waals surface area (Å²) in [4.78, 5) is 29.8. The van der Waals surface area contributed by atoms with E-state index in [1.807, 2.05) is 11.8 Å².